The van der Waals surface area contributed by atoms with Crippen LogP contribution in [-0.4, -0.2) is 5.91 Å². The lowest BCUT2D eigenvalue weighted by Gasteiger charge is -2.20. The summed E-state index contributed by atoms with van der Waals surface area (Å²) in [5.41, 5.74) is 4.22. The molecule has 1 amide bonds. The minimum Gasteiger partial charge on any atom is -0.345 e. The zero-order valence-corrected chi connectivity index (χ0v) is 16.6. The fourth-order valence-corrected chi connectivity index (χ4v) is 3.47. The highest BCUT2D eigenvalue weighted by molar-refractivity contribution is 6.35. The Kier molecular flexibility index (Phi) is 6.54. The summed E-state index contributed by atoms with van der Waals surface area (Å²) in [7, 11) is 0. The van der Waals surface area contributed by atoms with Gasteiger partial charge in [0.25, 0.3) is 0 Å². The average Bonchev–Trinajstić information content (AvgIpc) is 2.67. The normalized spacial score (nSPS) is 11.8. The zero-order valence-electron chi connectivity index (χ0n) is 15.1. The first-order valence-corrected chi connectivity index (χ1v) is 9.63. The van der Waals surface area contributed by atoms with Crippen LogP contribution in [0.15, 0.2) is 72.8 Å². The van der Waals surface area contributed by atoms with E-state index in [1.807, 2.05) is 36.4 Å². The van der Waals surface area contributed by atoms with Crippen LogP contribution in [0, 0.1) is 6.92 Å². The second kappa shape index (κ2) is 9.07. The number of hydrogen-bond donors (Lipinski definition) is 1. The first-order valence-electron chi connectivity index (χ1n) is 8.88. The summed E-state index contributed by atoms with van der Waals surface area (Å²) in [5.74, 6) is -0.0181. The summed E-state index contributed by atoms with van der Waals surface area (Å²) in [6.07, 6.45) is 0.924. The van der Waals surface area contributed by atoms with Gasteiger partial charge in [-0.05, 0) is 42.2 Å². The van der Waals surface area contributed by atoms with Crippen molar-refractivity contribution in [1.29, 1.82) is 0 Å². The number of benzene rings is 3. The molecule has 138 valence electrons. The topological polar surface area (TPSA) is 29.1 Å². The van der Waals surface area contributed by atoms with E-state index < -0.39 is 0 Å². The van der Waals surface area contributed by atoms with E-state index in [1.165, 1.54) is 5.56 Å². The molecule has 0 saturated carbocycles. The second-order valence-electron chi connectivity index (χ2n) is 6.56. The number of aryl methyl sites for hydroxylation is 2. The van der Waals surface area contributed by atoms with Gasteiger partial charge in [0.1, 0.15) is 0 Å². The maximum Gasteiger partial charge on any atom is 0.221 e. The molecule has 3 aromatic rings. The number of rotatable bonds is 6. The monoisotopic (exact) mass is 397 g/mol. The Morgan fingerprint density at radius 3 is 2.26 bits per heavy atom. The van der Waals surface area contributed by atoms with Gasteiger partial charge in [-0.3, -0.25) is 4.79 Å². The molecule has 3 aromatic carbocycles. The molecule has 0 aromatic heterocycles. The molecule has 0 fully saturated rings. The molecule has 0 bridgehead atoms. The van der Waals surface area contributed by atoms with Gasteiger partial charge in [-0.25, -0.2) is 0 Å². The lowest BCUT2D eigenvalue weighted by Crippen LogP contribution is -2.29. The van der Waals surface area contributed by atoms with Crippen molar-refractivity contribution in [2.24, 2.45) is 0 Å². The molecule has 27 heavy (non-hydrogen) atoms. The lowest BCUT2D eigenvalue weighted by molar-refractivity contribution is -0.121. The first-order chi connectivity index (χ1) is 13.0. The van der Waals surface area contributed by atoms with Crippen LogP contribution in [0.25, 0.3) is 0 Å². The van der Waals surface area contributed by atoms with E-state index in [0.717, 1.165) is 16.7 Å². The van der Waals surface area contributed by atoms with E-state index in [-0.39, 0.29) is 11.9 Å². The molecule has 1 N–H and O–H groups in total. The lowest BCUT2D eigenvalue weighted by atomic mass is 9.97. The predicted molar refractivity (Wildman–Crippen MR) is 112 cm³/mol. The third-order valence-electron chi connectivity index (χ3n) is 4.49. The van der Waals surface area contributed by atoms with Crippen LogP contribution < -0.4 is 5.32 Å². The van der Waals surface area contributed by atoms with Gasteiger partial charge in [0.15, 0.2) is 0 Å². The van der Waals surface area contributed by atoms with Crippen molar-refractivity contribution in [2.75, 3.05) is 0 Å². The quantitative estimate of drug-likeness (QED) is 0.531. The second-order valence-corrected chi connectivity index (χ2v) is 7.40. The Morgan fingerprint density at radius 1 is 0.926 bits per heavy atom. The van der Waals surface area contributed by atoms with E-state index in [4.69, 9.17) is 23.2 Å². The first kappa shape index (κ1) is 19.5. The summed E-state index contributed by atoms with van der Waals surface area (Å²) in [6, 6.07) is 23.4. The Hall–Kier alpha value is -2.29. The fourth-order valence-electron chi connectivity index (χ4n) is 2.97. The Morgan fingerprint density at radius 2 is 1.59 bits per heavy atom. The smallest absolute Gasteiger partial charge is 0.221 e. The number of hydrogen-bond acceptors (Lipinski definition) is 1. The molecule has 0 heterocycles. The maximum absolute atomic E-state index is 12.6. The average molecular weight is 398 g/mol. The summed E-state index contributed by atoms with van der Waals surface area (Å²) < 4.78 is 0. The summed E-state index contributed by atoms with van der Waals surface area (Å²) in [6.45, 7) is 2.05. The van der Waals surface area contributed by atoms with Crippen LogP contribution in [0.2, 0.25) is 10.0 Å². The zero-order chi connectivity index (χ0) is 19.2. The largest absolute Gasteiger partial charge is 0.345 e. The van der Waals surface area contributed by atoms with E-state index >= 15 is 0 Å². The van der Waals surface area contributed by atoms with Crippen LogP contribution in [0.4, 0.5) is 0 Å². The summed E-state index contributed by atoms with van der Waals surface area (Å²) >= 11 is 12.1. The molecule has 0 spiro atoms. The molecule has 1 unspecified atom stereocenters. The predicted octanol–water partition coefficient (Wildman–Crippen LogP) is 6.14. The summed E-state index contributed by atoms with van der Waals surface area (Å²) in [4.78, 5) is 12.6. The number of carbonyl (C=O) groups is 1. The number of amides is 1. The SMILES string of the molecule is Cc1ccc(C(NC(=O)CCc2ccc(Cl)cc2Cl)c2ccccc2)cc1. The van der Waals surface area contributed by atoms with Gasteiger partial charge < -0.3 is 5.32 Å². The summed E-state index contributed by atoms with van der Waals surface area (Å²) in [5, 5.41) is 4.35. The highest BCUT2D eigenvalue weighted by Crippen LogP contribution is 2.24. The Labute approximate surface area is 170 Å². The highest BCUT2D eigenvalue weighted by atomic mass is 35.5. The highest BCUT2D eigenvalue weighted by Gasteiger charge is 2.17. The van der Waals surface area contributed by atoms with E-state index in [1.54, 1.807) is 12.1 Å². The molecule has 0 aliphatic heterocycles. The van der Waals surface area contributed by atoms with Gasteiger partial charge in [-0.2, -0.15) is 0 Å². The third kappa shape index (κ3) is 5.35. The van der Waals surface area contributed by atoms with Crippen molar-refractivity contribution in [3.63, 3.8) is 0 Å². The maximum atomic E-state index is 12.6. The van der Waals surface area contributed by atoms with Gasteiger partial charge in [0, 0.05) is 16.5 Å². The molecule has 3 rings (SSSR count). The van der Waals surface area contributed by atoms with Gasteiger partial charge >= 0.3 is 0 Å². The van der Waals surface area contributed by atoms with Crippen molar-refractivity contribution in [1.82, 2.24) is 5.32 Å². The van der Waals surface area contributed by atoms with Crippen LogP contribution in [0.3, 0.4) is 0 Å². The van der Waals surface area contributed by atoms with E-state index in [0.29, 0.717) is 22.9 Å². The molecule has 0 saturated heterocycles. The standard InChI is InChI=1S/C23H21Cl2NO/c1-16-7-9-19(10-8-16)23(18-5-3-2-4-6-18)26-22(27)14-12-17-11-13-20(24)15-21(17)25/h2-11,13,15,23H,12,14H2,1H3,(H,26,27). The van der Waals surface area contributed by atoms with Gasteiger partial charge in [0.2, 0.25) is 5.91 Å². The number of halogens is 2. The number of nitrogens with one attached hydrogen (secondary N) is 1. The van der Waals surface area contributed by atoms with Gasteiger partial charge in [0.05, 0.1) is 6.04 Å². The van der Waals surface area contributed by atoms with Crippen molar-refractivity contribution in [3.8, 4) is 0 Å². The van der Waals surface area contributed by atoms with E-state index in [2.05, 4.69) is 36.5 Å². The minimum absolute atomic E-state index is 0.0181. The molecule has 1 atom stereocenters. The van der Waals surface area contributed by atoms with Gasteiger partial charge in [-0.15, -0.1) is 0 Å². The molecule has 0 aliphatic carbocycles. The van der Waals surface area contributed by atoms with Crippen molar-refractivity contribution in [3.05, 3.63) is 105 Å². The Bertz CT molecular complexity index is 907. The van der Waals surface area contributed by atoms with Crippen molar-refractivity contribution in [2.45, 2.75) is 25.8 Å². The number of carbonyl (C=O) groups excluding carboxylic acids is 1. The molecule has 4 heteroatoms. The Balaban J connectivity index is 1.73. The van der Waals surface area contributed by atoms with Crippen LogP contribution in [-0.2, 0) is 11.2 Å². The molecule has 0 aliphatic rings. The fraction of sp³-hybridized carbons (Fsp3) is 0.174. The van der Waals surface area contributed by atoms with Gasteiger partial charge in [-0.1, -0.05) is 89.4 Å². The van der Waals surface area contributed by atoms with Crippen LogP contribution in [0.1, 0.15) is 34.7 Å². The van der Waals surface area contributed by atoms with Crippen LogP contribution >= 0.6 is 23.2 Å². The molecule has 0 radical (unpaired) electrons. The third-order valence-corrected chi connectivity index (χ3v) is 5.07. The molecular weight excluding hydrogens is 377 g/mol. The van der Waals surface area contributed by atoms with Crippen LogP contribution in [0.5, 0.6) is 0 Å². The molecular formula is C23H21Cl2NO. The van der Waals surface area contributed by atoms with E-state index in [9.17, 15) is 4.79 Å². The minimum atomic E-state index is -0.181. The van der Waals surface area contributed by atoms with Crippen molar-refractivity contribution < 1.29 is 4.79 Å². The van der Waals surface area contributed by atoms with Crippen molar-refractivity contribution >= 4 is 29.1 Å². The molecule has 2 nitrogen and oxygen atoms in total.